The molecule has 1 aromatic rings. The van der Waals surface area contributed by atoms with Crippen LogP contribution in [0.1, 0.15) is 11.6 Å². The molecule has 1 heterocycles. The molecule has 88 valence electrons. The number of hydrogen-bond donors (Lipinski definition) is 1. The van der Waals surface area contributed by atoms with E-state index in [0.29, 0.717) is 12.1 Å². The summed E-state index contributed by atoms with van der Waals surface area (Å²) < 4.78 is 48.4. The Bertz CT molecular complexity index is 502. The van der Waals surface area contributed by atoms with Gasteiger partial charge < -0.3 is 5.32 Å². The maximum absolute atomic E-state index is 13.0. The lowest BCUT2D eigenvalue weighted by Gasteiger charge is -2.24. The van der Waals surface area contributed by atoms with Crippen molar-refractivity contribution < 1.29 is 17.2 Å². The zero-order valence-corrected chi connectivity index (χ0v) is 9.23. The predicted octanol–water partition coefficient (Wildman–Crippen LogP) is 1.02. The second-order valence-corrected chi connectivity index (χ2v) is 6.02. The molecule has 1 saturated heterocycles. The van der Waals surface area contributed by atoms with Crippen LogP contribution in [0.15, 0.2) is 18.2 Å². The van der Waals surface area contributed by atoms with Crippen molar-refractivity contribution in [2.45, 2.75) is 6.04 Å². The van der Waals surface area contributed by atoms with Crippen LogP contribution in [0.5, 0.6) is 0 Å². The number of halogens is 2. The van der Waals surface area contributed by atoms with E-state index in [-0.39, 0.29) is 11.5 Å². The fourth-order valence-corrected chi connectivity index (χ4v) is 3.14. The predicted molar refractivity (Wildman–Crippen MR) is 55.8 cm³/mol. The summed E-state index contributed by atoms with van der Waals surface area (Å²) in [6, 6.07) is 2.99. The van der Waals surface area contributed by atoms with Crippen molar-refractivity contribution in [3.8, 4) is 0 Å². The highest BCUT2D eigenvalue weighted by Gasteiger charge is 2.25. The van der Waals surface area contributed by atoms with E-state index < -0.39 is 27.5 Å². The third kappa shape index (κ3) is 2.38. The van der Waals surface area contributed by atoms with Gasteiger partial charge in [0.1, 0.15) is 0 Å². The van der Waals surface area contributed by atoms with Crippen molar-refractivity contribution in [3.63, 3.8) is 0 Å². The van der Waals surface area contributed by atoms with E-state index in [2.05, 4.69) is 5.32 Å². The summed E-state index contributed by atoms with van der Waals surface area (Å²) in [4.78, 5) is 0. The molecule has 1 aliphatic rings. The highest BCUT2D eigenvalue weighted by Crippen LogP contribution is 2.20. The van der Waals surface area contributed by atoms with Crippen molar-refractivity contribution in [2.75, 3.05) is 18.1 Å². The molecule has 0 bridgehead atoms. The molecular formula is C10H11F2NO2S. The third-order valence-electron chi connectivity index (χ3n) is 2.57. The van der Waals surface area contributed by atoms with Crippen molar-refractivity contribution in [3.05, 3.63) is 35.4 Å². The highest BCUT2D eigenvalue weighted by atomic mass is 32.2. The number of sulfone groups is 1. The Hall–Kier alpha value is -1.01. The van der Waals surface area contributed by atoms with Crippen LogP contribution in [0.4, 0.5) is 8.78 Å². The third-order valence-corrected chi connectivity index (χ3v) is 4.24. The number of hydrogen-bond acceptors (Lipinski definition) is 3. The molecule has 0 saturated carbocycles. The largest absolute Gasteiger partial charge is 0.308 e. The lowest BCUT2D eigenvalue weighted by atomic mass is 10.1. The van der Waals surface area contributed by atoms with E-state index in [1.54, 1.807) is 0 Å². The van der Waals surface area contributed by atoms with Gasteiger partial charge in [-0.05, 0) is 17.7 Å². The minimum atomic E-state index is -3.08. The topological polar surface area (TPSA) is 46.2 Å². The molecule has 6 heteroatoms. The van der Waals surface area contributed by atoms with Crippen LogP contribution in [0.2, 0.25) is 0 Å². The first-order valence-electron chi connectivity index (χ1n) is 4.87. The van der Waals surface area contributed by atoms with Gasteiger partial charge in [-0.25, -0.2) is 17.2 Å². The van der Waals surface area contributed by atoms with Gasteiger partial charge in [-0.15, -0.1) is 0 Å². The van der Waals surface area contributed by atoms with Gasteiger partial charge in [0.05, 0.1) is 11.5 Å². The molecule has 0 spiro atoms. The van der Waals surface area contributed by atoms with Gasteiger partial charge in [0, 0.05) is 12.6 Å². The Morgan fingerprint density at radius 2 is 2.00 bits per heavy atom. The molecule has 0 radical (unpaired) electrons. The summed E-state index contributed by atoms with van der Waals surface area (Å²) in [5.41, 5.74) is 0.460. The molecule has 1 aliphatic heterocycles. The van der Waals surface area contributed by atoms with E-state index in [4.69, 9.17) is 0 Å². The van der Waals surface area contributed by atoms with Crippen LogP contribution in [0.25, 0.3) is 0 Å². The molecule has 1 atom stereocenters. The maximum atomic E-state index is 13.0. The number of rotatable bonds is 1. The normalized spacial score (nSPS) is 24.2. The SMILES string of the molecule is O=S1(=O)CCNC(c2ccc(F)c(F)c2)C1. The Kier molecular flexibility index (Phi) is 2.94. The molecule has 0 amide bonds. The second-order valence-electron chi connectivity index (χ2n) is 3.79. The van der Waals surface area contributed by atoms with E-state index in [1.807, 2.05) is 0 Å². The van der Waals surface area contributed by atoms with Gasteiger partial charge in [0.15, 0.2) is 21.5 Å². The molecule has 3 nitrogen and oxygen atoms in total. The monoisotopic (exact) mass is 247 g/mol. The Morgan fingerprint density at radius 3 is 2.62 bits per heavy atom. The molecule has 0 aliphatic carbocycles. The minimum Gasteiger partial charge on any atom is -0.308 e. The molecule has 1 unspecified atom stereocenters. The Labute approximate surface area is 92.4 Å². The van der Waals surface area contributed by atoms with E-state index in [9.17, 15) is 17.2 Å². The summed E-state index contributed by atoms with van der Waals surface area (Å²) in [6.45, 7) is 0.339. The maximum Gasteiger partial charge on any atom is 0.159 e. The molecule has 1 aromatic carbocycles. The van der Waals surface area contributed by atoms with Crippen LogP contribution in [-0.4, -0.2) is 26.5 Å². The van der Waals surface area contributed by atoms with Gasteiger partial charge in [0.25, 0.3) is 0 Å². The summed E-state index contributed by atoms with van der Waals surface area (Å²) >= 11 is 0. The van der Waals surface area contributed by atoms with Gasteiger partial charge in [-0.2, -0.15) is 0 Å². The molecular weight excluding hydrogens is 236 g/mol. The second kappa shape index (κ2) is 4.10. The van der Waals surface area contributed by atoms with Crippen molar-refractivity contribution in [1.82, 2.24) is 5.32 Å². The zero-order valence-electron chi connectivity index (χ0n) is 8.41. The van der Waals surface area contributed by atoms with Gasteiger partial charge in [-0.1, -0.05) is 6.07 Å². The van der Waals surface area contributed by atoms with Crippen LogP contribution in [0, 0.1) is 11.6 Å². The number of nitrogens with one attached hydrogen (secondary N) is 1. The van der Waals surface area contributed by atoms with E-state index in [0.717, 1.165) is 12.1 Å². The fraction of sp³-hybridized carbons (Fsp3) is 0.400. The highest BCUT2D eigenvalue weighted by molar-refractivity contribution is 7.91. The summed E-state index contributed by atoms with van der Waals surface area (Å²) in [6.07, 6.45) is 0. The fourth-order valence-electron chi connectivity index (χ4n) is 1.73. The van der Waals surface area contributed by atoms with E-state index in [1.165, 1.54) is 6.07 Å². The summed E-state index contributed by atoms with van der Waals surface area (Å²) in [5.74, 6) is -1.87. The van der Waals surface area contributed by atoms with Crippen LogP contribution in [0.3, 0.4) is 0 Å². The molecule has 2 rings (SSSR count). The van der Waals surface area contributed by atoms with Crippen LogP contribution >= 0.6 is 0 Å². The standard InChI is InChI=1S/C10H11F2NO2S/c11-8-2-1-7(5-9(8)12)10-6-16(14,15)4-3-13-10/h1-2,5,10,13H,3-4,6H2. The molecule has 1 fully saturated rings. The van der Waals surface area contributed by atoms with E-state index >= 15 is 0 Å². The smallest absolute Gasteiger partial charge is 0.159 e. The first kappa shape index (κ1) is 11.5. The molecule has 1 N–H and O–H groups in total. The minimum absolute atomic E-state index is 0.0714. The number of benzene rings is 1. The quantitative estimate of drug-likeness (QED) is 0.806. The molecule has 16 heavy (non-hydrogen) atoms. The van der Waals surface area contributed by atoms with Crippen LogP contribution in [-0.2, 0) is 9.84 Å². The first-order valence-corrected chi connectivity index (χ1v) is 6.69. The summed E-state index contributed by atoms with van der Waals surface area (Å²) in [7, 11) is -3.08. The Balaban J connectivity index is 2.27. The van der Waals surface area contributed by atoms with Gasteiger partial charge >= 0.3 is 0 Å². The lowest BCUT2D eigenvalue weighted by molar-refractivity contribution is 0.497. The average molecular weight is 247 g/mol. The Morgan fingerprint density at radius 1 is 1.25 bits per heavy atom. The van der Waals surface area contributed by atoms with Crippen molar-refractivity contribution in [1.29, 1.82) is 0 Å². The summed E-state index contributed by atoms with van der Waals surface area (Å²) in [5, 5.41) is 2.97. The first-order chi connectivity index (χ1) is 7.48. The van der Waals surface area contributed by atoms with Crippen molar-refractivity contribution in [2.24, 2.45) is 0 Å². The average Bonchev–Trinajstić information content (AvgIpc) is 2.20. The van der Waals surface area contributed by atoms with Crippen LogP contribution < -0.4 is 5.32 Å². The molecule has 0 aromatic heterocycles. The lowest BCUT2D eigenvalue weighted by Crippen LogP contribution is -2.39. The van der Waals surface area contributed by atoms with Crippen molar-refractivity contribution >= 4 is 9.84 Å². The van der Waals surface area contributed by atoms with Gasteiger partial charge in [-0.3, -0.25) is 0 Å². The van der Waals surface area contributed by atoms with Gasteiger partial charge in [0.2, 0.25) is 0 Å². The zero-order chi connectivity index (χ0) is 11.8.